The highest BCUT2D eigenvalue weighted by Gasteiger charge is 2.13. The van der Waals surface area contributed by atoms with Gasteiger partial charge in [-0.2, -0.15) is 0 Å². The third-order valence-electron chi connectivity index (χ3n) is 2.76. The number of nitrogens with two attached hydrogens (primary N) is 1. The quantitative estimate of drug-likeness (QED) is 0.688. The van der Waals surface area contributed by atoms with Crippen LogP contribution in [0, 0.1) is 0 Å². The van der Waals surface area contributed by atoms with E-state index in [2.05, 4.69) is 5.32 Å². The molecule has 0 saturated heterocycles. The maximum absolute atomic E-state index is 11.8. The van der Waals surface area contributed by atoms with Gasteiger partial charge >= 0.3 is 0 Å². The number of hydrogen-bond acceptors (Lipinski definition) is 5. The van der Waals surface area contributed by atoms with Crippen LogP contribution < -0.4 is 16.6 Å². The Morgan fingerprint density at radius 3 is 2.70 bits per heavy atom. The Bertz CT molecular complexity index is 487. The molecule has 0 saturated carbocycles. The van der Waals surface area contributed by atoms with Crippen molar-refractivity contribution in [2.75, 3.05) is 32.8 Å². The van der Waals surface area contributed by atoms with Gasteiger partial charge < -0.3 is 25.1 Å². The maximum atomic E-state index is 11.8. The van der Waals surface area contributed by atoms with Crippen LogP contribution in [0.2, 0.25) is 0 Å². The summed E-state index contributed by atoms with van der Waals surface area (Å²) >= 11 is 0. The third-order valence-corrected chi connectivity index (χ3v) is 2.76. The lowest BCUT2D eigenvalue weighted by Crippen LogP contribution is -2.36. The molecule has 7 nitrogen and oxygen atoms in total. The third kappa shape index (κ3) is 5.12. The second-order valence-corrected chi connectivity index (χ2v) is 4.32. The van der Waals surface area contributed by atoms with Crippen LogP contribution in [-0.2, 0) is 20.8 Å². The summed E-state index contributed by atoms with van der Waals surface area (Å²) in [5, 5.41) is 2.67. The lowest BCUT2D eigenvalue weighted by molar-refractivity contribution is -0.117. The second kappa shape index (κ2) is 8.47. The minimum atomic E-state index is -0.644. The van der Waals surface area contributed by atoms with Gasteiger partial charge in [0, 0.05) is 39.6 Å². The van der Waals surface area contributed by atoms with Crippen LogP contribution in [-0.4, -0.2) is 43.9 Å². The molecule has 0 aliphatic rings. The van der Waals surface area contributed by atoms with Crippen molar-refractivity contribution in [2.45, 2.75) is 19.0 Å². The fourth-order valence-electron chi connectivity index (χ4n) is 1.58. The monoisotopic (exact) mass is 283 g/mol. The first-order chi connectivity index (χ1) is 9.58. The first-order valence-electron chi connectivity index (χ1n) is 6.33. The van der Waals surface area contributed by atoms with Crippen molar-refractivity contribution in [1.82, 2.24) is 4.57 Å². The summed E-state index contributed by atoms with van der Waals surface area (Å²) in [7, 11) is 3.11. The molecule has 0 spiro atoms. The smallest absolute Gasteiger partial charge is 0.250 e. The van der Waals surface area contributed by atoms with Crippen LogP contribution in [0.5, 0.6) is 0 Å². The van der Waals surface area contributed by atoms with Gasteiger partial charge in [-0.1, -0.05) is 0 Å². The lowest BCUT2D eigenvalue weighted by atomic mass is 10.2. The Morgan fingerprint density at radius 2 is 2.05 bits per heavy atom. The molecule has 1 unspecified atom stereocenters. The summed E-state index contributed by atoms with van der Waals surface area (Å²) in [5.74, 6) is -0.306. The fourth-order valence-corrected chi connectivity index (χ4v) is 1.58. The lowest BCUT2D eigenvalue weighted by Gasteiger charge is -2.13. The number of aromatic nitrogens is 1. The van der Waals surface area contributed by atoms with Gasteiger partial charge in [0.05, 0.1) is 18.3 Å². The van der Waals surface area contributed by atoms with E-state index in [4.69, 9.17) is 15.2 Å². The Kier molecular flexibility index (Phi) is 6.92. The minimum Gasteiger partial charge on any atom is -0.385 e. The topological polar surface area (TPSA) is 95.6 Å². The normalized spacial score (nSPS) is 12.2. The van der Waals surface area contributed by atoms with Gasteiger partial charge in [0.2, 0.25) is 5.91 Å². The number of hydrogen-bond donors (Lipinski definition) is 2. The zero-order chi connectivity index (χ0) is 15.0. The number of rotatable bonds is 8. The van der Waals surface area contributed by atoms with Gasteiger partial charge in [-0.05, 0) is 12.5 Å². The molecule has 0 bridgehead atoms. The number of nitrogens with one attached hydrogen (secondary N) is 1. The van der Waals surface area contributed by atoms with Crippen LogP contribution in [0.15, 0.2) is 23.1 Å². The van der Waals surface area contributed by atoms with E-state index in [1.54, 1.807) is 26.5 Å². The molecule has 0 aromatic carbocycles. The predicted molar refractivity (Wildman–Crippen MR) is 75.7 cm³/mol. The van der Waals surface area contributed by atoms with Gasteiger partial charge in [-0.3, -0.25) is 9.59 Å². The first kappa shape index (κ1) is 16.4. The highest BCUT2D eigenvalue weighted by atomic mass is 16.5. The van der Waals surface area contributed by atoms with E-state index in [9.17, 15) is 9.59 Å². The maximum Gasteiger partial charge on any atom is 0.250 e. The van der Waals surface area contributed by atoms with E-state index < -0.39 is 6.04 Å². The van der Waals surface area contributed by atoms with Gasteiger partial charge in [0.15, 0.2) is 0 Å². The number of carbonyl (C=O) groups is 1. The molecule has 0 fully saturated rings. The summed E-state index contributed by atoms with van der Waals surface area (Å²) in [5.41, 5.74) is 6.10. The SMILES string of the molecule is COCCC(N)C(=O)Nc1ccc(=O)n(CCOC)c1. The van der Waals surface area contributed by atoms with Crippen LogP contribution >= 0.6 is 0 Å². The van der Waals surface area contributed by atoms with Gasteiger partial charge in [0.25, 0.3) is 5.56 Å². The van der Waals surface area contributed by atoms with Crippen molar-refractivity contribution >= 4 is 11.6 Å². The van der Waals surface area contributed by atoms with Crippen LogP contribution in [0.4, 0.5) is 5.69 Å². The van der Waals surface area contributed by atoms with Crippen molar-refractivity contribution in [3.63, 3.8) is 0 Å². The molecule has 1 aromatic rings. The molecule has 0 radical (unpaired) electrons. The van der Waals surface area contributed by atoms with Crippen molar-refractivity contribution < 1.29 is 14.3 Å². The number of ether oxygens (including phenoxy) is 2. The van der Waals surface area contributed by atoms with E-state index in [1.165, 1.54) is 10.6 Å². The molecule has 20 heavy (non-hydrogen) atoms. The zero-order valence-corrected chi connectivity index (χ0v) is 11.8. The molecule has 112 valence electrons. The number of nitrogens with zero attached hydrogens (tertiary/aromatic N) is 1. The highest BCUT2D eigenvalue weighted by Crippen LogP contribution is 2.04. The Hall–Kier alpha value is -1.70. The number of amides is 1. The number of methoxy groups -OCH3 is 2. The van der Waals surface area contributed by atoms with E-state index in [0.29, 0.717) is 31.9 Å². The average molecular weight is 283 g/mol. The molecule has 0 aliphatic carbocycles. The van der Waals surface area contributed by atoms with Gasteiger partial charge in [-0.15, -0.1) is 0 Å². The summed E-state index contributed by atoms with van der Waals surface area (Å²) in [4.78, 5) is 23.4. The van der Waals surface area contributed by atoms with Gasteiger partial charge in [-0.25, -0.2) is 0 Å². The molecule has 1 atom stereocenters. The largest absolute Gasteiger partial charge is 0.385 e. The van der Waals surface area contributed by atoms with E-state index in [0.717, 1.165) is 0 Å². The van der Waals surface area contributed by atoms with E-state index >= 15 is 0 Å². The molecular weight excluding hydrogens is 262 g/mol. The summed E-state index contributed by atoms with van der Waals surface area (Å²) in [6.45, 7) is 1.27. The first-order valence-corrected chi connectivity index (χ1v) is 6.33. The van der Waals surface area contributed by atoms with Gasteiger partial charge in [0.1, 0.15) is 0 Å². The van der Waals surface area contributed by atoms with Crippen molar-refractivity contribution in [3.05, 3.63) is 28.7 Å². The van der Waals surface area contributed by atoms with Crippen LogP contribution in [0.3, 0.4) is 0 Å². The molecule has 0 aliphatic heterocycles. The Morgan fingerprint density at radius 1 is 1.35 bits per heavy atom. The zero-order valence-electron chi connectivity index (χ0n) is 11.8. The standard InChI is InChI=1S/C13H21N3O4/c1-19-7-5-11(14)13(18)15-10-3-4-12(17)16(9-10)6-8-20-2/h3-4,9,11H,5-8,14H2,1-2H3,(H,15,18). The van der Waals surface area contributed by atoms with Crippen molar-refractivity contribution in [2.24, 2.45) is 5.73 Å². The molecule has 7 heteroatoms. The van der Waals surface area contributed by atoms with E-state index in [1.807, 2.05) is 0 Å². The Labute approximate surface area is 117 Å². The molecule has 1 rings (SSSR count). The number of carbonyl (C=O) groups excluding carboxylic acids is 1. The molecule has 3 N–H and O–H groups in total. The van der Waals surface area contributed by atoms with Crippen LogP contribution in [0.1, 0.15) is 6.42 Å². The minimum absolute atomic E-state index is 0.149. The number of pyridine rings is 1. The highest BCUT2D eigenvalue weighted by molar-refractivity contribution is 5.94. The molecular formula is C13H21N3O4. The van der Waals surface area contributed by atoms with Crippen molar-refractivity contribution in [1.29, 1.82) is 0 Å². The van der Waals surface area contributed by atoms with E-state index in [-0.39, 0.29) is 11.5 Å². The average Bonchev–Trinajstić information content (AvgIpc) is 2.45. The summed E-state index contributed by atoms with van der Waals surface area (Å²) in [6, 6.07) is 2.30. The predicted octanol–water partition coefficient (Wildman–Crippen LogP) is -0.203. The number of anilines is 1. The molecule has 1 aromatic heterocycles. The second-order valence-electron chi connectivity index (χ2n) is 4.32. The Balaban J connectivity index is 2.67. The molecule has 1 heterocycles. The summed E-state index contributed by atoms with van der Waals surface area (Å²) < 4.78 is 11.3. The van der Waals surface area contributed by atoms with Crippen LogP contribution in [0.25, 0.3) is 0 Å². The fraction of sp³-hybridized carbons (Fsp3) is 0.538. The summed E-state index contributed by atoms with van der Waals surface area (Å²) in [6.07, 6.45) is 2.01. The molecule has 1 amide bonds. The van der Waals surface area contributed by atoms with Crippen molar-refractivity contribution in [3.8, 4) is 0 Å².